The summed E-state index contributed by atoms with van der Waals surface area (Å²) in [4.78, 5) is 24.9. The minimum Gasteiger partial charge on any atom is -0.341 e. The highest BCUT2D eigenvalue weighted by atomic mass is 32.2. The number of amides is 3. The van der Waals surface area contributed by atoms with Crippen LogP contribution in [0.3, 0.4) is 0 Å². The number of urea groups is 1. The molecule has 0 radical (unpaired) electrons. The van der Waals surface area contributed by atoms with Crippen LogP contribution in [0.25, 0.3) is 10.7 Å². The van der Waals surface area contributed by atoms with Crippen molar-refractivity contribution in [2.45, 2.75) is 56.0 Å². The molecule has 0 spiro atoms. The first-order valence-electron chi connectivity index (χ1n) is 10.2. The number of aromatic nitrogens is 3. The Kier molecular flexibility index (Phi) is 5.96. The molecule has 2 N–H and O–H groups in total. The lowest BCUT2D eigenvalue weighted by Gasteiger charge is -2.30. The zero-order chi connectivity index (χ0) is 20.5. The second kappa shape index (κ2) is 8.47. The number of thiophene rings is 1. The molecule has 0 aromatic carbocycles. The number of nitrogens with zero attached hydrogens (tertiary/aromatic N) is 3. The van der Waals surface area contributed by atoms with Gasteiger partial charge in [-0.1, -0.05) is 24.2 Å². The van der Waals surface area contributed by atoms with Crippen molar-refractivity contribution in [2.24, 2.45) is 17.8 Å². The predicted octanol–water partition coefficient (Wildman–Crippen LogP) is 3.94. The smallest absolute Gasteiger partial charge is 0.321 e. The van der Waals surface area contributed by atoms with Crippen LogP contribution >= 0.6 is 23.1 Å². The fourth-order valence-corrected chi connectivity index (χ4v) is 6.50. The number of nitrogens with one attached hydrogen (secondary N) is 2. The second-order valence-electron chi connectivity index (χ2n) is 8.06. The van der Waals surface area contributed by atoms with Gasteiger partial charge in [0.05, 0.1) is 10.1 Å². The largest absolute Gasteiger partial charge is 0.341 e. The number of carbonyl (C=O) groups is 2. The van der Waals surface area contributed by atoms with Gasteiger partial charge in [0.1, 0.15) is 0 Å². The van der Waals surface area contributed by atoms with E-state index in [1.807, 2.05) is 11.4 Å². The Bertz CT molecular complexity index is 882. The van der Waals surface area contributed by atoms with E-state index in [-0.39, 0.29) is 11.9 Å². The van der Waals surface area contributed by atoms with E-state index in [0.29, 0.717) is 5.92 Å². The first kappa shape index (κ1) is 20.4. The molecular weight excluding hydrogens is 406 g/mol. The monoisotopic (exact) mass is 433 g/mol. The number of rotatable bonds is 6. The summed E-state index contributed by atoms with van der Waals surface area (Å²) in [6.07, 6.45) is 5.30. The van der Waals surface area contributed by atoms with E-state index in [4.69, 9.17) is 0 Å². The molecule has 156 valence electrons. The summed E-state index contributed by atoms with van der Waals surface area (Å²) in [5.41, 5.74) is 0. The van der Waals surface area contributed by atoms with Crippen molar-refractivity contribution in [3.63, 3.8) is 0 Å². The van der Waals surface area contributed by atoms with E-state index in [1.165, 1.54) is 44.5 Å². The average Bonchev–Trinajstić information content (AvgIpc) is 3.50. The predicted molar refractivity (Wildman–Crippen MR) is 115 cm³/mol. The highest BCUT2D eigenvalue weighted by Gasteiger charge is 2.43. The van der Waals surface area contributed by atoms with Crippen LogP contribution in [0.1, 0.15) is 45.6 Å². The lowest BCUT2D eigenvalue weighted by molar-refractivity contribution is -0.119. The van der Waals surface area contributed by atoms with Crippen LogP contribution in [0.5, 0.6) is 0 Å². The zero-order valence-corrected chi connectivity index (χ0v) is 18.6. The highest BCUT2D eigenvalue weighted by molar-refractivity contribution is 8.00. The van der Waals surface area contributed by atoms with Crippen molar-refractivity contribution >= 4 is 35.0 Å². The molecule has 2 aliphatic carbocycles. The van der Waals surface area contributed by atoms with Gasteiger partial charge in [0.2, 0.25) is 5.91 Å². The van der Waals surface area contributed by atoms with Crippen molar-refractivity contribution in [2.75, 3.05) is 7.05 Å². The maximum absolute atomic E-state index is 12.3. The Hall–Kier alpha value is -1.87. The third-order valence-corrected chi connectivity index (χ3v) is 8.26. The Morgan fingerprint density at radius 2 is 2.10 bits per heavy atom. The second-order valence-corrected chi connectivity index (χ2v) is 10.3. The summed E-state index contributed by atoms with van der Waals surface area (Å²) in [5, 5.41) is 16.0. The molecule has 2 heterocycles. The molecule has 0 aliphatic heterocycles. The fourth-order valence-electron chi connectivity index (χ4n) is 4.86. The van der Waals surface area contributed by atoms with E-state index in [0.717, 1.165) is 27.7 Å². The lowest BCUT2D eigenvalue weighted by Crippen LogP contribution is -2.41. The van der Waals surface area contributed by atoms with Gasteiger partial charge in [-0.05, 0) is 62.3 Å². The van der Waals surface area contributed by atoms with Gasteiger partial charge in [0, 0.05) is 13.1 Å². The summed E-state index contributed by atoms with van der Waals surface area (Å²) < 4.78 is 2.23. The molecule has 2 aromatic rings. The lowest BCUT2D eigenvalue weighted by atomic mass is 9.84. The number of fused-ring (bicyclic) bond motifs is 2. The van der Waals surface area contributed by atoms with Gasteiger partial charge in [0.15, 0.2) is 11.0 Å². The van der Waals surface area contributed by atoms with Gasteiger partial charge in [-0.3, -0.25) is 14.7 Å². The van der Waals surface area contributed by atoms with Gasteiger partial charge >= 0.3 is 6.03 Å². The molecule has 3 amide bonds. The topological polar surface area (TPSA) is 88.9 Å². The van der Waals surface area contributed by atoms with Crippen LogP contribution in [-0.2, 0) is 4.79 Å². The third kappa shape index (κ3) is 4.07. The van der Waals surface area contributed by atoms with Gasteiger partial charge in [-0.25, -0.2) is 4.79 Å². The molecule has 4 rings (SSSR count). The fraction of sp³-hybridized carbons (Fsp3) is 0.600. The first-order valence-corrected chi connectivity index (χ1v) is 11.9. The van der Waals surface area contributed by atoms with Crippen molar-refractivity contribution in [1.82, 2.24) is 25.4 Å². The molecule has 2 aromatic heterocycles. The van der Waals surface area contributed by atoms with Crippen molar-refractivity contribution in [3.05, 3.63) is 17.5 Å². The summed E-state index contributed by atoms with van der Waals surface area (Å²) in [6, 6.07) is 3.86. The quantitative estimate of drug-likeness (QED) is 0.674. The van der Waals surface area contributed by atoms with E-state index in [2.05, 4.69) is 38.4 Å². The highest BCUT2D eigenvalue weighted by Crippen LogP contribution is 2.53. The number of imide groups is 1. The molecule has 5 unspecified atom stereocenters. The molecule has 9 heteroatoms. The standard InChI is InChI=1S/C20H27N5O2S2/c1-11(15-10-13-6-7-14(15)9-13)25-17(16-5-4-8-28-16)23-24-20(25)29-12(2)18(26)22-19(27)21-3/h4-5,8,11-15H,6-7,9-10H2,1-3H3,(H2,21,22,26,27). The van der Waals surface area contributed by atoms with Crippen LogP contribution in [0.15, 0.2) is 22.7 Å². The van der Waals surface area contributed by atoms with E-state index in [1.54, 1.807) is 18.3 Å². The number of carbonyl (C=O) groups excluding carboxylic acids is 2. The maximum Gasteiger partial charge on any atom is 0.321 e. The summed E-state index contributed by atoms with van der Waals surface area (Å²) >= 11 is 3.01. The molecule has 2 bridgehead atoms. The Morgan fingerprint density at radius 1 is 1.28 bits per heavy atom. The van der Waals surface area contributed by atoms with Crippen molar-refractivity contribution < 1.29 is 9.59 Å². The Balaban J connectivity index is 1.60. The van der Waals surface area contributed by atoms with Crippen LogP contribution in [-0.4, -0.2) is 39.0 Å². The molecule has 0 saturated heterocycles. The van der Waals surface area contributed by atoms with Gasteiger partial charge in [-0.15, -0.1) is 21.5 Å². The Morgan fingerprint density at radius 3 is 2.72 bits per heavy atom. The first-order chi connectivity index (χ1) is 14.0. The molecule has 2 saturated carbocycles. The average molecular weight is 434 g/mol. The zero-order valence-electron chi connectivity index (χ0n) is 16.9. The summed E-state index contributed by atoms with van der Waals surface area (Å²) in [5.74, 6) is 2.80. The van der Waals surface area contributed by atoms with Crippen LogP contribution in [0.4, 0.5) is 4.79 Å². The normalized spacial score (nSPS) is 25.0. The van der Waals surface area contributed by atoms with E-state index < -0.39 is 11.3 Å². The molecule has 29 heavy (non-hydrogen) atoms. The number of hydrogen-bond donors (Lipinski definition) is 2. The maximum atomic E-state index is 12.3. The number of thioether (sulfide) groups is 1. The van der Waals surface area contributed by atoms with Gasteiger partial charge < -0.3 is 5.32 Å². The minimum absolute atomic E-state index is 0.272. The van der Waals surface area contributed by atoms with Gasteiger partial charge in [-0.2, -0.15) is 0 Å². The van der Waals surface area contributed by atoms with Crippen molar-refractivity contribution in [3.8, 4) is 10.7 Å². The number of hydrogen-bond acceptors (Lipinski definition) is 6. The summed E-state index contributed by atoms with van der Waals surface area (Å²) in [7, 11) is 1.49. The summed E-state index contributed by atoms with van der Waals surface area (Å²) in [6.45, 7) is 4.06. The van der Waals surface area contributed by atoms with Crippen LogP contribution < -0.4 is 10.6 Å². The van der Waals surface area contributed by atoms with Crippen molar-refractivity contribution in [1.29, 1.82) is 0 Å². The molecule has 5 atom stereocenters. The molecular formula is C20H27N5O2S2. The van der Waals surface area contributed by atoms with Crippen LogP contribution in [0.2, 0.25) is 0 Å². The minimum atomic E-state index is -0.501. The molecule has 2 fully saturated rings. The SMILES string of the molecule is CNC(=O)NC(=O)C(C)Sc1nnc(-c2cccs2)n1C(C)C1CC2CCC1C2. The van der Waals surface area contributed by atoms with E-state index in [9.17, 15) is 9.59 Å². The van der Waals surface area contributed by atoms with E-state index >= 15 is 0 Å². The molecule has 2 aliphatic rings. The third-order valence-electron chi connectivity index (χ3n) is 6.34. The van der Waals surface area contributed by atoms with Crippen LogP contribution in [0, 0.1) is 17.8 Å². The molecule has 7 nitrogen and oxygen atoms in total. The Labute approximate surface area is 179 Å². The van der Waals surface area contributed by atoms with Gasteiger partial charge in [0.25, 0.3) is 0 Å².